The van der Waals surface area contributed by atoms with E-state index in [2.05, 4.69) is 105 Å². The molecule has 0 spiro atoms. The second kappa shape index (κ2) is 11.3. The zero-order chi connectivity index (χ0) is 23.5. The van der Waals surface area contributed by atoms with Crippen molar-refractivity contribution in [3.8, 4) is 0 Å². The van der Waals surface area contributed by atoms with Gasteiger partial charge in [0.1, 0.15) is 0 Å². The molecule has 1 aliphatic heterocycles. The van der Waals surface area contributed by atoms with Crippen molar-refractivity contribution in [3.05, 3.63) is 89.5 Å². The summed E-state index contributed by atoms with van der Waals surface area (Å²) in [6.45, 7) is 6.32. The first-order valence-electron chi connectivity index (χ1n) is 11.0. The average Bonchev–Trinajstić information content (AvgIpc) is 2.84. The van der Waals surface area contributed by atoms with E-state index in [0.717, 1.165) is 16.4 Å². The van der Waals surface area contributed by atoms with E-state index in [-0.39, 0.29) is 14.5 Å². The molecule has 0 N–H and O–H groups in total. The molecule has 3 aromatic carbocycles. The fourth-order valence-corrected chi connectivity index (χ4v) is 4.62. The predicted octanol–water partition coefficient (Wildman–Crippen LogP) is 5.60. The van der Waals surface area contributed by atoms with E-state index in [0.29, 0.717) is 0 Å². The molecular formula is C24H24B3Br3O3. The van der Waals surface area contributed by atoms with Gasteiger partial charge >= 0.3 is 21.4 Å². The molecule has 0 radical (unpaired) electrons. The van der Waals surface area contributed by atoms with Crippen LogP contribution in [0.1, 0.15) is 51.9 Å². The lowest BCUT2D eigenvalue weighted by molar-refractivity contribution is 0.308. The van der Waals surface area contributed by atoms with Gasteiger partial charge in [0.15, 0.2) is 0 Å². The lowest BCUT2D eigenvalue weighted by Gasteiger charge is -2.32. The highest BCUT2D eigenvalue weighted by Gasteiger charge is 2.43. The number of rotatable bonds is 6. The molecule has 1 saturated heterocycles. The summed E-state index contributed by atoms with van der Waals surface area (Å²) in [5.74, 6) is 0. The normalized spacial score (nSPS) is 17.1. The van der Waals surface area contributed by atoms with Gasteiger partial charge in [0.05, 0.1) is 0 Å². The highest BCUT2D eigenvalue weighted by atomic mass is 79.9. The van der Waals surface area contributed by atoms with Crippen molar-refractivity contribution in [2.45, 2.75) is 35.3 Å². The van der Waals surface area contributed by atoms with Crippen molar-refractivity contribution in [3.63, 3.8) is 0 Å². The van der Waals surface area contributed by atoms with Crippen molar-refractivity contribution >= 4 is 85.5 Å². The van der Waals surface area contributed by atoms with Gasteiger partial charge in [-0.15, -0.1) is 0 Å². The summed E-state index contributed by atoms with van der Waals surface area (Å²) in [6.07, 6.45) is 0. The van der Waals surface area contributed by atoms with Crippen LogP contribution in [0.4, 0.5) is 0 Å². The minimum absolute atomic E-state index is 0.234. The summed E-state index contributed by atoms with van der Waals surface area (Å²) >= 11 is 11.0. The summed E-state index contributed by atoms with van der Waals surface area (Å²) in [7, 11) is -1.68. The van der Waals surface area contributed by atoms with Crippen molar-refractivity contribution in [1.29, 1.82) is 0 Å². The third kappa shape index (κ3) is 6.25. The maximum absolute atomic E-state index is 6.37. The molecule has 1 heterocycles. The Morgan fingerprint density at radius 1 is 0.515 bits per heavy atom. The van der Waals surface area contributed by atoms with Crippen molar-refractivity contribution in [2.75, 3.05) is 0 Å². The topological polar surface area (TPSA) is 27.7 Å². The minimum Gasteiger partial charge on any atom is -0.445 e. The van der Waals surface area contributed by atoms with Gasteiger partial charge in [0, 0.05) is 14.5 Å². The third-order valence-electron chi connectivity index (χ3n) is 5.67. The van der Waals surface area contributed by atoms with E-state index in [1.54, 1.807) is 0 Å². The smallest absolute Gasteiger partial charge is 0.445 e. The summed E-state index contributed by atoms with van der Waals surface area (Å²) < 4.78 is 19.1. The molecule has 3 unspecified atom stereocenters. The molecule has 168 valence electrons. The van der Waals surface area contributed by atoms with Crippen LogP contribution >= 0.6 is 47.8 Å². The Balaban J connectivity index is 1.71. The minimum atomic E-state index is -0.560. The van der Waals surface area contributed by atoms with Gasteiger partial charge in [0.25, 0.3) is 0 Å². The summed E-state index contributed by atoms with van der Waals surface area (Å²) in [6, 6.07) is 24.9. The summed E-state index contributed by atoms with van der Waals surface area (Å²) in [5, 5.41) is 0. The Kier molecular flexibility index (Phi) is 8.64. The fourth-order valence-electron chi connectivity index (χ4n) is 3.76. The molecule has 3 aromatic rings. The van der Waals surface area contributed by atoms with E-state index in [1.807, 2.05) is 36.4 Å². The Hall–Kier alpha value is -0.825. The summed E-state index contributed by atoms with van der Waals surface area (Å²) in [5.41, 5.74) is 6.41. The van der Waals surface area contributed by atoms with Crippen LogP contribution in [0.25, 0.3) is 0 Å². The Morgan fingerprint density at radius 2 is 0.788 bits per heavy atom. The zero-order valence-electron chi connectivity index (χ0n) is 18.8. The molecule has 9 heteroatoms. The number of hydrogen-bond acceptors (Lipinski definition) is 3. The lowest BCUT2D eigenvalue weighted by atomic mass is 9.61. The predicted molar refractivity (Wildman–Crippen MR) is 151 cm³/mol. The van der Waals surface area contributed by atoms with E-state index in [4.69, 9.17) is 13.7 Å². The van der Waals surface area contributed by atoms with Gasteiger partial charge in [-0.05, 0) is 53.8 Å². The molecule has 1 fully saturated rings. The quantitative estimate of drug-likeness (QED) is 0.262. The van der Waals surface area contributed by atoms with Gasteiger partial charge in [-0.3, -0.25) is 0 Å². The fraction of sp³-hybridized carbons (Fsp3) is 0.250. The SMILES string of the molecule is CC(Br)c1cccc(B2OB(c3cccc(C(C)Br)c3)OB(c3cccc(C(C)Br)c3)O2)c1. The first-order valence-corrected chi connectivity index (χ1v) is 13.7. The Labute approximate surface area is 222 Å². The van der Waals surface area contributed by atoms with Crippen molar-refractivity contribution in [2.24, 2.45) is 0 Å². The molecule has 33 heavy (non-hydrogen) atoms. The van der Waals surface area contributed by atoms with Gasteiger partial charge in [-0.2, -0.15) is 0 Å². The number of benzene rings is 3. The second-order valence-corrected chi connectivity index (χ2v) is 12.4. The molecule has 4 rings (SSSR count). The van der Waals surface area contributed by atoms with Crippen molar-refractivity contribution in [1.82, 2.24) is 0 Å². The molecule has 0 aromatic heterocycles. The average molecular weight is 633 g/mol. The van der Waals surface area contributed by atoms with Crippen LogP contribution in [0.15, 0.2) is 72.8 Å². The molecular weight excluding hydrogens is 608 g/mol. The summed E-state index contributed by atoms with van der Waals surface area (Å²) in [4.78, 5) is 0.703. The van der Waals surface area contributed by atoms with Crippen LogP contribution < -0.4 is 16.4 Å². The first kappa shape index (κ1) is 25.3. The highest BCUT2D eigenvalue weighted by molar-refractivity contribution is 9.09. The monoisotopic (exact) mass is 630 g/mol. The van der Waals surface area contributed by atoms with E-state index < -0.39 is 21.4 Å². The number of alkyl halides is 3. The van der Waals surface area contributed by atoms with Gasteiger partial charge in [0.2, 0.25) is 0 Å². The largest absolute Gasteiger partial charge is 0.467 e. The molecule has 0 saturated carbocycles. The van der Waals surface area contributed by atoms with Gasteiger partial charge in [-0.25, -0.2) is 0 Å². The molecule has 3 atom stereocenters. The van der Waals surface area contributed by atoms with Crippen LogP contribution in [0.2, 0.25) is 0 Å². The highest BCUT2D eigenvalue weighted by Crippen LogP contribution is 2.23. The number of hydrogen-bond donors (Lipinski definition) is 0. The molecule has 1 aliphatic rings. The van der Waals surface area contributed by atoms with Crippen LogP contribution in [0.3, 0.4) is 0 Å². The van der Waals surface area contributed by atoms with E-state index in [1.165, 1.54) is 16.7 Å². The lowest BCUT2D eigenvalue weighted by Crippen LogP contribution is -2.61. The first-order chi connectivity index (χ1) is 15.8. The molecule has 3 nitrogen and oxygen atoms in total. The molecule has 0 aliphatic carbocycles. The van der Waals surface area contributed by atoms with Gasteiger partial charge < -0.3 is 13.7 Å². The van der Waals surface area contributed by atoms with Crippen LogP contribution in [0, 0.1) is 0 Å². The van der Waals surface area contributed by atoms with Gasteiger partial charge in [-0.1, -0.05) is 121 Å². The third-order valence-corrected chi connectivity index (χ3v) is 7.25. The Bertz CT molecular complexity index is 954. The van der Waals surface area contributed by atoms with Crippen LogP contribution in [0.5, 0.6) is 0 Å². The maximum Gasteiger partial charge on any atom is 0.467 e. The Morgan fingerprint density at radius 3 is 1.03 bits per heavy atom. The molecule has 0 amide bonds. The van der Waals surface area contributed by atoms with Crippen LogP contribution in [-0.4, -0.2) is 21.4 Å². The van der Waals surface area contributed by atoms with E-state index >= 15 is 0 Å². The van der Waals surface area contributed by atoms with E-state index in [9.17, 15) is 0 Å². The van der Waals surface area contributed by atoms with Crippen LogP contribution in [-0.2, 0) is 13.7 Å². The number of halogens is 3. The van der Waals surface area contributed by atoms with Crippen molar-refractivity contribution < 1.29 is 13.7 Å². The standard InChI is InChI=1S/C24H24B3Br3O3/c1-16(28)19-7-4-10-22(13-19)25-31-26(23-11-5-8-20(14-23)17(2)29)33-27(32-25)24-12-6-9-21(15-24)18(3)30/h4-18H,1-3H3. The zero-order valence-corrected chi connectivity index (χ0v) is 23.5. The molecule has 0 bridgehead atoms. The second-order valence-electron chi connectivity index (χ2n) is 8.26. The maximum atomic E-state index is 6.37.